The minimum Gasteiger partial charge on any atom is -0.493 e. The van der Waals surface area contributed by atoms with Crippen molar-refractivity contribution in [3.63, 3.8) is 0 Å². The van der Waals surface area contributed by atoms with Crippen molar-refractivity contribution < 1.29 is 19.0 Å². The van der Waals surface area contributed by atoms with Crippen LogP contribution in [0.4, 0.5) is 0 Å². The van der Waals surface area contributed by atoms with Crippen molar-refractivity contribution in [3.8, 4) is 11.5 Å². The van der Waals surface area contributed by atoms with Gasteiger partial charge in [0, 0.05) is 6.08 Å². The van der Waals surface area contributed by atoms with Crippen LogP contribution in [0.2, 0.25) is 6.04 Å². The van der Waals surface area contributed by atoms with E-state index in [4.69, 9.17) is 42.7 Å². The third-order valence-corrected chi connectivity index (χ3v) is 6.53. The molecule has 0 fully saturated rings. The number of ether oxygens (including phenoxy) is 3. The van der Waals surface area contributed by atoms with Crippen LogP contribution in [0, 0.1) is 0 Å². The van der Waals surface area contributed by atoms with Crippen molar-refractivity contribution in [3.05, 3.63) is 29.8 Å². The monoisotopic (exact) mass is 452 g/mol. The van der Waals surface area contributed by atoms with E-state index in [2.05, 4.69) is 4.74 Å². The maximum absolute atomic E-state index is 11.2. The van der Waals surface area contributed by atoms with Gasteiger partial charge in [-0.25, -0.2) is 4.79 Å². The van der Waals surface area contributed by atoms with Gasteiger partial charge in [-0.05, 0) is 36.2 Å². The number of unbranched alkanes of at least 4 members (excludes halogenated alkanes) is 5. The van der Waals surface area contributed by atoms with Crippen LogP contribution < -0.4 is 9.47 Å². The van der Waals surface area contributed by atoms with Crippen LogP contribution in [-0.2, 0) is 9.53 Å². The van der Waals surface area contributed by atoms with Gasteiger partial charge < -0.3 is 14.2 Å². The van der Waals surface area contributed by atoms with Crippen LogP contribution in [0.3, 0.4) is 0 Å². The lowest BCUT2D eigenvalue weighted by Gasteiger charge is -2.11. The van der Waals surface area contributed by atoms with Gasteiger partial charge in [-0.15, -0.1) is 33.2 Å². The third-order valence-electron chi connectivity index (χ3n) is 3.91. The third kappa shape index (κ3) is 11.5. The molecule has 0 bridgehead atoms. The topological polar surface area (TPSA) is 44.8 Å². The van der Waals surface area contributed by atoms with Crippen LogP contribution in [0.25, 0.3) is 6.08 Å². The van der Waals surface area contributed by atoms with Gasteiger partial charge in [-0.2, -0.15) is 0 Å². The highest BCUT2D eigenvalue weighted by atomic mass is 35.8. The number of hydrogen-bond donors (Lipinski definition) is 0. The largest absolute Gasteiger partial charge is 0.493 e. The van der Waals surface area contributed by atoms with Gasteiger partial charge in [0.2, 0.25) is 0 Å². The van der Waals surface area contributed by atoms with Crippen LogP contribution in [0.15, 0.2) is 24.3 Å². The summed E-state index contributed by atoms with van der Waals surface area (Å²) in [4.78, 5) is 11.2. The van der Waals surface area contributed by atoms with Gasteiger partial charge in [0.25, 0.3) is 0 Å². The minimum absolute atomic E-state index is 0.399. The fourth-order valence-electron chi connectivity index (χ4n) is 2.46. The Labute approximate surface area is 176 Å². The Morgan fingerprint density at radius 1 is 1.00 bits per heavy atom. The first-order valence-corrected chi connectivity index (χ1v) is 14.2. The van der Waals surface area contributed by atoms with Crippen molar-refractivity contribution in [2.75, 3.05) is 20.8 Å². The molecule has 0 radical (unpaired) electrons. The molecule has 0 unspecified atom stereocenters. The average Bonchev–Trinajstić information content (AvgIpc) is 2.63. The maximum atomic E-state index is 11.2. The summed E-state index contributed by atoms with van der Waals surface area (Å²) in [5.41, 5.74) is 0.841. The second kappa shape index (κ2) is 13.3. The Hall–Kier alpha value is -0.883. The predicted octanol–water partition coefficient (Wildman–Crippen LogP) is 6.26. The molecule has 0 aromatic heterocycles. The zero-order valence-electron chi connectivity index (χ0n) is 15.8. The molecule has 152 valence electrons. The van der Waals surface area contributed by atoms with E-state index in [1.54, 1.807) is 13.2 Å². The summed E-state index contributed by atoms with van der Waals surface area (Å²) >= 11 is 17.6. The van der Waals surface area contributed by atoms with Crippen molar-refractivity contribution in [1.82, 2.24) is 0 Å². The number of esters is 1. The Morgan fingerprint density at radius 3 is 2.30 bits per heavy atom. The summed E-state index contributed by atoms with van der Waals surface area (Å²) in [6.07, 6.45) is 9.48. The summed E-state index contributed by atoms with van der Waals surface area (Å²) in [5.74, 6) is 0.933. The van der Waals surface area contributed by atoms with Gasteiger partial charge in [0.15, 0.2) is 11.5 Å². The number of carbonyl (C=O) groups excluding carboxylic acids is 1. The highest BCUT2D eigenvalue weighted by Gasteiger charge is 2.23. The van der Waals surface area contributed by atoms with E-state index >= 15 is 0 Å². The Balaban J connectivity index is 2.32. The molecule has 1 aromatic rings. The first kappa shape index (κ1) is 24.2. The molecule has 0 spiro atoms. The highest BCUT2D eigenvalue weighted by Crippen LogP contribution is 2.29. The number of benzene rings is 1. The molecule has 0 aliphatic rings. The van der Waals surface area contributed by atoms with E-state index in [-0.39, 0.29) is 0 Å². The first-order chi connectivity index (χ1) is 12.9. The summed E-state index contributed by atoms with van der Waals surface area (Å²) < 4.78 is 15.8. The van der Waals surface area contributed by atoms with E-state index in [9.17, 15) is 4.79 Å². The molecule has 0 amide bonds. The minimum atomic E-state index is -2.45. The van der Waals surface area contributed by atoms with Crippen molar-refractivity contribution >= 4 is 51.3 Å². The Bertz CT molecular complexity index is 603. The first-order valence-electron chi connectivity index (χ1n) is 8.99. The number of hydrogen-bond acceptors (Lipinski definition) is 4. The lowest BCUT2D eigenvalue weighted by Crippen LogP contribution is -2.07. The van der Waals surface area contributed by atoms with Crippen molar-refractivity contribution in [2.24, 2.45) is 0 Å². The normalized spacial score (nSPS) is 11.6. The average molecular weight is 454 g/mol. The number of methoxy groups -OCH3 is 2. The molecular formula is C19H27Cl3O4Si. The summed E-state index contributed by atoms with van der Waals surface area (Å²) in [6.45, 7) is 0.613. The maximum Gasteiger partial charge on any atom is 0.341 e. The molecule has 0 atom stereocenters. The summed E-state index contributed by atoms with van der Waals surface area (Å²) in [7, 11) is 2.95. The predicted molar refractivity (Wildman–Crippen MR) is 115 cm³/mol. The molecule has 0 saturated carbocycles. The molecule has 0 aliphatic carbocycles. The lowest BCUT2D eigenvalue weighted by atomic mass is 10.1. The molecule has 8 heteroatoms. The van der Waals surface area contributed by atoms with E-state index in [1.807, 2.05) is 18.2 Å². The molecule has 0 saturated heterocycles. The molecule has 0 N–H and O–H groups in total. The quantitative estimate of drug-likeness (QED) is 0.116. The van der Waals surface area contributed by atoms with Crippen LogP contribution in [0.1, 0.15) is 44.1 Å². The van der Waals surface area contributed by atoms with E-state index in [1.165, 1.54) is 13.2 Å². The molecule has 4 nitrogen and oxygen atoms in total. The van der Waals surface area contributed by atoms with Crippen LogP contribution >= 0.6 is 33.2 Å². The standard InChI is InChI=1S/C19H27Cl3O4Si/c1-24-17-11-9-16(10-12-19(23)25-2)15-18(17)26-13-7-5-3-4-6-8-14-27(20,21)22/h9-12,15H,3-8,13-14H2,1-2H3. The molecule has 0 aliphatic heterocycles. The van der Waals surface area contributed by atoms with Crippen molar-refractivity contribution in [2.45, 2.75) is 44.6 Å². The number of rotatable bonds is 13. The van der Waals surface area contributed by atoms with Crippen LogP contribution in [0.5, 0.6) is 11.5 Å². The molecule has 1 rings (SSSR count). The van der Waals surface area contributed by atoms with E-state index in [0.717, 1.165) is 50.1 Å². The SMILES string of the molecule is COC(=O)C=Cc1ccc(OC)c(OCCCCCCCC[Si](Cl)(Cl)Cl)c1. The zero-order valence-corrected chi connectivity index (χ0v) is 19.1. The van der Waals surface area contributed by atoms with E-state index < -0.39 is 12.0 Å². The fourth-order valence-corrected chi connectivity index (χ4v) is 4.31. The van der Waals surface area contributed by atoms with Gasteiger partial charge in [0.1, 0.15) is 0 Å². The molecular weight excluding hydrogens is 427 g/mol. The molecule has 0 heterocycles. The number of carbonyl (C=O) groups is 1. The van der Waals surface area contributed by atoms with E-state index in [0.29, 0.717) is 18.1 Å². The summed E-state index contributed by atoms with van der Waals surface area (Å²) in [5, 5.41) is 0. The number of halogens is 3. The summed E-state index contributed by atoms with van der Waals surface area (Å²) in [6, 6.07) is 3.81. The molecule has 27 heavy (non-hydrogen) atoms. The van der Waals surface area contributed by atoms with Gasteiger partial charge in [0.05, 0.1) is 20.8 Å². The zero-order chi connectivity index (χ0) is 20.1. The van der Waals surface area contributed by atoms with Gasteiger partial charge >= 0.3 is 12.0 Å². The molecule has 1 aromatic carbocycles. The van der Waals surface area contributed by atoms with Crippen LogP contribution in [-0.4, -0.2) is 32.8 Å². The fraction of sp³-hybridized carbons (Fsp3) is 0.526. The lowest BCUT2D eigenvalue weighted by molar-refractivity contribution is -0.134. The second-order valence-electron chi connectivity index (χ2n) is 6.10. The Morgan fingerprint density at radius 2 is 1.67 bits per heavy atom. The van der Waals surface area contributed by atoms with Gasteiger partial charge in [-0.3, -0.25) is 0 Å². The smallest absolute Gasteiger partial charge is 0.341 e. The second-order valence-corrected chi connectivity index (χ2v) is 15.4. The van der Waals surface area contributed by atoms with Gasteiger partial charge in [-0.1, -0.05) is 38.2 Å². The Kier molecular flexibility index (Phi) is 11.9. The highest BCUT2D eigenvalue weighted by molar-refractivity contribution is 7.64. The van der Waals surface area contributed by atoms with Crippen molar-refractivity contribution in [1.29, 1.82) is 0 Å².